The van der Waals surface area contributed by atoms with E-state index in [1.165, 1.54) is 12.1 Å². The molecular formula is C19H23ClFN5. The Bertz CT molecular complexity index is 826. The largest absolute Gasteiger partial charge is 0.337 e. The number of hydrogen-bond acceptors (Lipinski definition) is 3. The van der Waals surface area contributed by atoms with Crippen molar-refractivity contribution in [3.05, 3.63) is 70.8 Å². The van der Waals surface area contributed by atoms with Crippen molar-refractivity contribution in [3.63, 3.8) is 0 Å². The normalized spacial score (nSPS) is 12.5. The van der Waals surface area contributed by atoms with Gasteiger partial charge in [-0.05, 0) is 37.1 Å². The molecule has 0 bridgehead atoms. The number of nitrogens with one attached hydrogen (secondary N) is 1. The number of benzene rings is 1. The van der Waals surface area contributed by atoms with Crippen molar-refractivity contribution < 1.29 is 4.39 Å². The molecule has 0 spiro atoms. The Labute approximate surface area is 157 Å². The molecule has 0 radical (unpaired) electrons. The van der Waals surface area contributed by atoms with Gasteiger partial charge in [0, 0.05) is 31.0 Å². The molecule has 1 unspecified atom stereocenters. The van der Waals surface area contributed by atoms with Crippen LogP contribution >= 0.6 is 11.6 Å². The highest BCUT2D eigenvalue weighted by atomic mass is 35.5. The van der Waals surface area contributed by atoms with E-state index in [4.69, 9.17) is 11.6 Å². The zero-order chi connectivity index (χ0) is 18.5. The third-order valence-electron chi connectivity index (χ3n) is 4.30. The molecule has 1 atom stereocenters. The number of halogens is 2. The lowest BCUT2D eigenvalue weighted by molar-refractivity contribution is 0.444. The predicted molar refractivity (Wildman–Crippen MR) is 101 cm³/mol. The molecule has 0 aliphatic heterocycles. The van der Waals surface area contributed by atoms with Crippen LogP contribution in [-0.4, -0.2) is 25.9 Å². The number of aryl methyl sites for hydroxylation is 1. The van der Waals surface area contributed by atoms with Crippen LogP contribution in [0.4, 0.5) is 4.39 Å². The van der Waals surface area contributed by atoms with E-state index >= 15 is 0 Å². The Morgan fingerprint density at radius 1 is 1.27 bits per heavy atom. The van der Waals surface area contributed by atoms with Gasteiger partial charge in [0.25, 0.3) is 0 Å². The highest BCUT2D eigenvalue weighted by molar-refractivity contribution is 6.30. The minimum Gasteiger partial charge on any atom is -0.337 e. The first-order valence-corrected chi connectivity index (χ1v) is 9.03. The van der Waals surface area contributed by atoms with Gasteiger partial charge in [-0.1, -0.05) is 30.7 Å². The lowest BCUT2D eigenvalue weighted by Crippen LogP contribution is -2.23. The second kappa shape index (κ2) is 8.47. The van der Waals surface area contributed by atoms with E-state index in [1.54, 1.807) is 23.0 Å². The predicted octanol–water partition coefficient (Wildman–Crippen LogP) is 3.65. The second-order valence-corrected chi connectivity index (χ2v) is 6.99. The molecule has 3 aromatic rings. The molecule has 26 heavy (non-hydrogen) atoms. The first-order chi connectivity index (χ1) is 12.5. The van der Waals surface area contributed by atoms with Crippen molar-refractivity contribution in [2.45, 2.75) is 33.5 Å². The quantitative estimate of drug-likeness (QED) is 0.653. The fraction of sp³-hybridized carbons (Fsp3) is 0.368. The van der Waals surface area contributed by atoms with Crippen LogP contribution < -0.4 is 5.32 Å². The van der Waals surface area contributed by atoms with Gasteiger partial charge in [-0.2, -0.15) is 5.10 Å². The molecule has 1 aromatic carbocycles. The molecular weight excluding hydrogens is 353 g/mol. The Hall–Kier alpha value is -2.18. The molecule has 2 aromatic heterocycles. The summed E-state index contributed by atoms with van der Waals surface area (Å²) in [5, 5.41) is 8.61. The summed E-state index contributed by atoms with van der Waals surface area (Å²) in [6.07, 6.45) is 5.59. The highest BCUT2D eigenvalue weighted by Crippen LogP contribution is 2.21. The Morgan fingerprint density at radius 2 is 2.04 bits per heavy atom. The van der Waals surface area contributed by atoms with Crippen molar-refractivity contribution >= 4 is 11.6 Å². The highest BCUT2D eigenvalue weighted by Gasteiger charge is 2.14. The topological polar surface area (TPSA) is 47.7 Å². The van der Waals surface area contributed by atoms with Crippen LogP contribution in [0.3, 0.4) is 0 Å². The van der Waals surface area contributed by atoms with E-state index in [2.05, 4.69) is 26.9 Å². The van der Waals surface area contributed by atoms with E-state index in [9.17, 15) is 4.39 Å². The van der Waals surface area contributed by atoms with Crippen LogP contribution in [0.25, 0.3) is 0 Å². The zero-order valence-corrected chi connectivity index (χ0v) is 15.7. The summed E-state index contributed by atoms with van der Waals surface area (Å²) in [4.78, 5) is 4.06. The first-order valence-electron chi connectivity index (χ1n) is 8.65. The van der Waals surface area contributed by atoms with Crippen LogP contribution in [0.5, 0.6) is 0 Å². The van der Waals surface area contributed by atoms with Crippen molar-refractivity contribution in [2.24, 2.45) is 5.92 Å². The number of hydrogen-bond donors (Lipinski definition) is 1. The van der Waals surface area contributed by atoms with Gasteiger partial charge >= 0.3 is 0 Å². The van der Waals surface area contributed by atoms with E-state index in [-0.39, 0.29) is 5.82 Å². The van der Waals surface area contributed by atoms with E-state index < -0.39 is 0 Å². The monoisotopic (exact) mass is 375 g/mol. The standard InChI is InChI=1S/C19H23ClFN5/c1-14(11-25-8-7-22-13-25)9-23-10-18-15(2)24-26(19(18)20)12-16-3-5-17(21)6-4-16/h3-8,13-14,23H,9-12H2,1-2H3. The summed E-state index contributed by atoms with van der Waals surface area (Å²) < 4.78 is 16.9. The minimum atomic E-state index is -0.244. The van der Waals surface area contributed by atoms with Gasteiger partial charge in [0.2, 0.25) is 0 Å². The molecule has 2 heterocycles. The van der Waals surface area contributed by atoms with Crippen molar-refractivity contribution in [1.82, 2.24) is 24.6 Å². The number of imidazole rings is 1. The molecule has 7 heteroatoms. The molecule has 0 aliphatic rings. The van der Waals surface area contributed by atoms with Gasteiger partial charge in [0.1, 0.15) is 11.0 Å². The number of nitrogens with zero attached hydrogens (tertiary/aromatic N) is 4. The summed E-state index contributed by atoms with van der Waals surface area (Å²) >= 11 is 6.52. The molecule has 138 valence electrons. The maximum Gasteiger partial charge on any atom is 0.132 e. The van der Waals surface area contributed by atoms with Crippen LogP contribution in [-0.2, 0) is 19.6 Å². The van der Waals surface area contributed by atoms with Gasteiger partial charge in [0.15, 0.2) is 0 Å². The lowest BCUT2D eigenvalue weighted by atomic mass is 10.1. The first kappa shape index (κ1) is 18.6. The summed E-state index contributed by atoms with van der Waals surface area (Å²) in [5.41, 5.74) is 2.87. The maximum atomic E-state index is 13.0. The smallest absolute Gasteiger partial charge is 0.132 e. The van der Waals surface area contributed by atoms with Crippen molar-refractivity contribution in [1.29, 1.82) is 0 Å². The van der Waals surface area contributed by atoms with Crippen LogP contribution in [0.1, 0.15) is 23.7 Å². The molecule has 0 saturated carbocycles. The fourth-order valence-electron chi connectivity index (χ4n) is 2.92. The van der Waals surface area contributed by atoms with Crippen LogP contribution in [0.2, 0.25) is 5.15 Å². The molecule has 0 saturated heterocycles. The van der Waals surface area contributed by atoms with Crippen molar-refractivity contribution in [3.8, 4) is 0 Å². The van der Waals surface area contributed by atoms with Gasteiger partial charge < -0.3 is 9.88 Å². The number of aromatic nitrogens is 4. The zero-order valence-electron chi connectivity index (χ0n) is 15.0. The van der Waals surface area contributed by atoms with Crippen LogP contribution in [0, 0.1) is 18.7 Å². The lowest BCUT2D eigenvalue weighted by Gasteiger charge is -2.13. The van der Waals surface area contributed by atoms with Gasteiger partial charge in [-0.25, -0.2) is 14.1 Å². The van der Waals surface area contributed by atoms with Gasteiger partial charge in [-0.15, -0.1) is 0 Å². The SMILES string of the molecule is Cc1nn(Cc2ccc(F)cc2)c(Cl)c1CNCC(C)Cn1ccnc1. The van der Waals surface area contributed by atoms with Crippen molar-refractivity contribution in [2.75, 3.05) is 6.54 Å². The maximum absolute atomic E-state index is 13.0. The third kappa shape index (κ3) is 4.71. The summed E-state index contributed by atoms with van der Waals surface area (Å²) in [7, 11) is 0. The Morgan fingerprint density at radius 3 is 2.73 bits per heavy atom. The number of rotatable bonds is 8. The van der Waals surface area contributed by atoms with Gasteiger partial charge in [0.05, 0.1) is 18.6 Å². The molecule has 5 nitrogen and oxygen atoms in total. The molecule has 3 rings (SSSR count). The summed E-state index contributed by atoms with van der Waals surface area (Å²) in [6, 6.07) is 6.39. The molecule has 0 aliphatic carbocycles. The Balaban J connectivity index is 1.56. The van der Waals surface area contributed by atoms with Gasteiger partial charge in [-0.3, -0.25) is 0 Å². The van der Waals surface area contributed by atoms with E-state index in [0.717, 1.165) is 29.9 Å². The molecule has 0 amide bonds. The second-order valence-electron chi connectivity index (χ2n) is 6.63. The molecule has 0 fully saturated rings. The minimum absolute atomic E-state index is 0.244. The molecule has 1 N–H and O–H groups in total. The average Bonchev–Trinajstić information content (AvgIpc) is 3.20. The fourth-order valence-corrected chi connectivity index (χ4v) is 3.22. The summed E-state index contributed by atoms with van der Waals surface area (Å²) in [5.74, 6) is 0.226. The Kier molecular flexibility index (Phi) is 6.06. The third-order valence-corrected chi connectivity index (χ3v) is 4.73. The average molecular weight is 376 g/mol. The summed E-state index contributed by atoms with van der Waals surface area (Å²) in [6.45, 7) is 7.14. The van der Waals surface area contributed by atoms with Crippen LogP contribution in [0.15, 0.2) is 43.0 Å². The van der Waals surface area contributed by atoms with E-state index in [1.807, 2.05) is 19.4 Å². The van der Waals surface area contributed by atoms with E-state index in [0.29, 0.717) is 24.2 Å².